The number of thiophene rings is 2. The lowest BCUT2D eigenvalue weighted by atomic mass is 10.1. The van der Waals surface area contributed by atoms with Gasteiger partial charge in [-0.3, -0.25) is 4.79 Å². The zero-order valence-corrected chi connectivity index (χ0v) is 9.32. The molecule has 0 radical (unpaired) electrons. The van der Waals surface area contributed by atoms with Crippen molar-refractivity contribution in [1.82, 2.24) is 0 Å². The van der Waals surface area contributed by atoms with Crippen molar-refractivity contribution in [2.45, 2.75) is 0 Å². The van der Waals surface area contributed by atoms with E-state index in [0.29, 0.717) is 0 Å². The number of amides is 1. The molecule has 0 unspecified atom stereocenters. The van der Waals surface area contributed by atoms with Crippen molar-refractivity contribution in [1.29, 1.82) is 0 Å². The number of fused-ring (bicyclic) bond motifs is 1. The van der Waals surface area contributed by atoms with Crippen LogP contribution in [0.5, 0.6) is 0 Å². The van der Waals surface area contributed by atoms with Gasteiger partial charge in [0.15, 0.2) is 0 Å². The van der Waals surface area contributed by atoms with Crippen LogP contribution in [0.1, 0.15) is 10.4 Å². The minimum absolute atomic E-state index is 0.00486. The summed E-state index contributed by atoms with van der Waals surface area (Å²) in [5.74, 6) is 0.00486. The smallest absolute Gasteiger partial charge is 0.257 e. The fraction of sp³-hybridized carbons (Fsp3) is 0. The van der Waals surface area contributed by atoms with Gasteiger partial charge in [0, 0.05) is 10.4 Å². The van der Waals surface area contributed by atoms with E-state index >= 15 is 0 Å². The second-order valence-corrected chi connectivity index (χ2v) is 5.09. The number of carbonyl (C=O) groups is 1. The van der Waals surface area contributed by atoms with Crippen molar-refractivity contribution in [2.75, 3.05) is 5.32 Å². The van der Waals surface area contributed by atoms with E-state index in [1.807, 2.05) is 35.0 Å². The fourth-order valence-electron chi connectivity index (χ4n) is 1.57. The van der Waals surface area contributed by atoms with Crippen LogP contribution in [0.2, 0.25) is 0 Å². The van der Waals surface area contributed by atoms with Gasteiger partial charge in [0.2, 0.25) is 0 Å². The molecule has 0 saturated carbocycles. The molecule has 74 valence electrons. The molecule has 0 aliphatic carbocycles. The van der Waals surface area contributed by atoms with Crippen LogP contribution in [-0.4, -0.2) is 5.91 Å². The molecule has 1 aliphatic rings. The number of carbonyl (C=O) groups excluding carboxylic acids is 1. The summed E-state index contributed by atoms with van der Waals surface area (Å²) in [4.78, 5) is 12.8. The molecule has 0 fully saturated rings. The Morgan fingerprint density at radius 3 is 2.93 bits per heavy atom. The minimum atomic E-state index is 0.00486. The highest BCUT2D eigenvalue weighted by Gasteiger charge is 2.24. The van der Waals surface area contributed by atoms with Crippen molar-refractivity contribution < 1.29 is 4.79 Å². The molecule has 1 N–H and O–H groups in total. The lowest BCUT2D eigenvalue weighted by Crippen LogP contribution is -2.03. The highest BCUT2D eigenvalue weighted by Crippen LogP contribution is 2.37. The molecule has 1 amide bonds. The molecule has 0 bridgehead atoms. The largest absolute Gasteiger partial charge is 0.313 e. The third-order valence-corrected chi connectivity index (χ3v) is 3.91. The summed E-state index contributed by atoms with van der Waals surface area (Å²) in [5, 5.41) is 7.82. The highest BCUT2D eigenvalue weighted by atomic mass is 32.1. The van der Waals surface area contributed by atoms with Crippen molar-refractivity contribution in [3.63, 3.8) is 0 Å². The maximum Gasteiger partial charge on any atom is 0.257 e. The van der Waals surface area contributed by atoms with Crippen molar-refractivity contribution in [2.24, 2.45) is 0 Å². The van der Waals surface area contributed by atoms with E-state index < -0.39 is 0 Å². The van der Waals surface area contributed by atoms with Gasteiger partial charge in [0.05, 0.1) is 5.57 Å². The molecule has 3 rings (SSSR count). The quantitative estimate of drug-likeness (QED) is 0.752. The number of nitrogens with one attached hydrogen (secondary N) is 1. The second-order valence-electron chi connectivity index (χ2n) is 3.19. The van der Waals surface area contributed by atoms with Gasteiger partial charge >= 0.3 is 0 Å². The van der Waals surface area contributed by atoms with Gasteiger partial charge in [-0.05, 0) is 29.0 Å². The molecule has 0 aromatic carbocycles. The van der Waals surface area contributed by atoms with E-state index in [0.717, 1.165) is 21.0 Å². The average molecular weight is 233 g/mol. The van der Waals surface area contributed by atoms with Crippen molar-refractivity contribution in [3.8, 4) is 0 Å². The summed E-state index contributed by atoms with van der Waals surface area (Å²) in [6.45, 7) is 0. The molecule has 0 atom stereocenters. The van der Waals surface area contributed by atoms with Gasteiger partial charge in [-0.25, -0.2) is 0 Å². The van der Waals surface area contributed by atoms with Gasteiger partial charge in [-0.15, -0.1) is 22.7 Å². The number of rotatable bonds is 1. The lowest BCUT2D eigenvalue weighted by Gasteiger charge is -1.92. The van der Waals surface area contributed by atoms with Crippen LogP contribution in [0.4, 0.5) is 5.00 Å². The van der Waals surface area contributed by atoms with E-state index in [2.05, 4.69) is 5.32 Å². The molecule has 0 spiro atoms. The Morgan fingerprint density at radius 2 is 2.13 bits per heavy atom. The fourth-order valence-corrected chi connectivity index (χ4v) is 3.02. The molecular weight excluding hydrogens is 226 g/mol. The molecule has 0 saturated heterocycles. The summed E-state index contributed by atoms with van der Waals surface area (Å²) in [6.07, 6.45) is 1.94. The van der Waals surface area contributed by atoms with E-state index in [4.69, 9.17) is 0 Å². The Balaban J connectivity index is 2.10. The zero-order valence-electron chi connectivity index (χ0n) is 7.69. The molecule has 3 heterocycles. The van der Waals surface area contributed by atoms with Gasteiger partial charge in [0.1, 0.15) is 5.00 Å². The Labute approximate surface area is 94.9 Å². The third kappa shape index (κ3) is 1.42. The topological polar surface area (TPSA) is 29.1 Å². The standard InChI is InChI=1S/C11H7NOS2/c13-10-9(6-7-2-1-4-14-7)8-3-5-15-11(8)12-10/h1-6H,(H,12,13)/b9-6+. The van der Waals surface area contributed by atoms with Crippen LogP contribution >= 0.6 is 22.7 Å². The molecular formula is C11H7NOS2. The van der Waals surface area contributed by atoms with E-state index in [1.54, 1.807) is 22.7 Å². The predicted molar refractivity (Wildman–Crippen MR) is 65.1 cm³/mol. The molecule has 2 aromatic rings. The van der Waals surface area contributed by atoms with Gasteiger partial charge in [0.25, 0.3) is 5.91 Å². The summed E-state index contributed by atoms with van der Waals surface area (Å²) in [7, 11) is 0. The second kappa shape index (κ2) is 3.32. The molecule has 2 nitrogen and oxygen atoms in total. The van der Waals surface area contributed by atoms with Crippen molar-refractivity contribution >= 4 is 45.2 Å². The molecule has 4 heteroatoms. The number of anilines is 1. The summed E-state index contributed by atoms with van der Waals surface area (Å²) in [5.41, 5.74) is 1.80. The Bertz CT molecular complexity index is 537. The summed E-state index contributed by atoms with van der Waals surface area (Å²) in [6, 6.07) is 5.98. The van der Waals surface area contributed by atoms with Gasteiger partial charge in [-0.2, -0.15) is 0 Å². The normalized spacial score (nSPS) is 16.8. The first-order valence-electron chi connectivity index (χ1n) is 4.49. The van der Waals surface area contributed by atoms with E-state index in [9.17, 15) is 4.79 Å². The SMILES string of the molecule is O=C1Nc2sccc2/C1=C\c1cccs1. The van der Waals surface area contributed by atoms with Crippen molar-refractivity contribution in [3.05, 3.63) is 39.4 Å². The van der Waals surface area contributed by atoms with Crippen LogP contribution < -0.4 is 5.32 Å². The zero-order chi connectivity index (χ0) is 10.3. The number of hydrogen-bond acceptors (Lipinski definition) is 3. The monoisotopic (exact) mass is 233 g/mol. The maximum atomic E-state index is 11.7. The summed E-state index contributed by atoms with van der Waals surface area (Å²) < 4.78 is 0. The molecule has 15 heavy (non-hydrogen) atoms. The van der Waals surface area contributed by atoms with Crippen LogP contribution in [0.15, 0.2) is 29.0 Å². The van der Waals surface area contributed by atoms with Gasteiger partial charge in [-0.1, -0.05) is 6.07 Å². The third-order valence-electron chi connectivity index (χ3n) is 2.26. The first-order chi connectivity index (χ1) is 7.34. The highest BCUT2D eigenvalue weighted by molar-refractivity contribution is 7.15. The number of hydrogen-bond donors (Lipinski definition) is 1. The molecule has 1 aliphatic heterocycles. The first-order valence-corrected chi connectivity index (χ1v) is 6.25. The maximum absolute atomic E-state index is 11.7. The first kappa shape index (κ1) is 8.88. The summed E-state index contributed by atoms with van der Waals surface area (Å²) >= 11 is 3.20. The Morgan fingerprint density at radius 1 is 1.20 bits per heavy atom. The predicted octanol–water partition coefficient (Wildman–Crippen LogP) is 3.30. The van der Waals surface area contributed by atoms with Crippen LogP contribution in [0.3, 0.4) is 0 Å². The lowest BCUT2D eigenvalue weighted by molar-refractivity contribution is -0.110. The van der Waals surface area contributed by atoms with Crippen LogP contribution in [-0.2, 0) is 4.79 Å². The Hall–Kier alpha value is -1.39. The van der Waals surface area contributed by atoms with Crippen LogP contribution in [0, 0.1) is 0 Å². The van der Waals surface area contributed by atoms with Gasteiger partial charge < -0.3 is 5.32 Å². The Kier molecular flexibility index (Phi) is 1.97. The minimum Gasteiger partial charge on any atom is -0.313 e. The van der Waals surface area contributed by atoms with E-state index in [1.165, 1.54) is 0 Å². The van der Waals surface area contributed by atoms with Crippen LogP contribution in [0.25, 0.3) is 11.6 Å². The molecule has 2 aromatic heterocycles. The van der Waals surface area contributed by atoms with E-state index in [-0.39, 0.29) is 5.91 Å². The average Bonchev–Trinajstić information content (AvgIpc) is 2.86.